The quantitative estimate of drug-likeness (QED) is 0.448. The van der Waals surface area contributed by atoms with E-state index < -0.39 is 0 Å². The number of hydrogen-bond acceptors (Lipinski definition) is 4. The monoisotopic (exact) mass is 452 g/mol. The number of nitrogens with one attached hydrogen (secondary N) is 1. The van der Waals surface area contributed by atoms with Crippen LogP contribution < -0.4 is 10.1 Å². The predicted molar refractivity (Wildman–Crippen MR) is 129 cm³/mol. The molecule has 6 nitrogen and oxygen atoms in total. The maximum atomic E-state index is 13.4. The van der Waals surface area contributed by atoms with Gasteiger partial charge in [0.2, 0.25) is 0 Å². The molecule has 0 aliphatic carbocycles. The molecule has 1 unspecified atom stereocenters. The van der Waals surface area contributed by atoms with Gasteiger partial charge in [0.25, 0.3) is 5.91 Å². The first-order valence-corrected chi connectivity index (χ1v) is 11.5. The Balaban J connectivity index is 1.82. The number of hydrogen-bond donors (Lipinski definition) is 1. The Morgan fingerprint density at radius 3 is 2.39 bits per heavy atom. The largest absolute Gasteiger partial charge is 0.497 e. The van der Waals surface area contributed by atoms with E-state index in [9.17, 15) is 9.18 Å². The van der Waals surface area contributed by atoms with Crippen molar-refractivity contribution in [1.29, 1.82) is 0 Å². The highest BCUT2D eigenvalue weighted by molar-refractivity contribution is 5.94. The highest BCUT2D eigenvalue weighted by Crippen LogP contribution is 2.23. The summed E-state index contributed by atoms with van der Waals surface area (Å²) in [5.74, 6) is 0.212. The predicted octanol–water partition coefficient (Wildman–Crippen LogP) is 4.93. The molecule has 1 heterocycles. The molecule has 0 bridgehead atoms. The minimum Gasteiger partial charge on any atom is -0.497 e. The molecule has 0 aliphatic heterocycles. The summed E-state index contributed by atoms with van der Waals surface area (Å²) in [6.45, 7) is 9.43. The number of benzene rings is 2. The Labute approximate surface area is 195 Å². The molecule has 0 aliphatic rings. The number of amides is 1. The van der Waals surface area contributed by atoms with Gasteiger partial charge < -0.3 is 15.0 Å². The minimum absolute atomic E-state index is 0.0292. The second kappa shape index (κ2) is 11.6. The lowest BCUT2D eigenvalue weighted by molar-refractivity contribution is 0.0929. The number of aromatic nitrogens is 2. The third-order valence-corrected chi connectivity index (χ3v) is 5.78. The Bertz CT molecular complexity index is 1030. The van der Waals surface area contributed by atoms with Crippen LogP contribution in [-0.4, -0.2) is 53.4 Å². The molecule has 0 saturated carbocycles. The van der Waals surface area contributed by atoms with Crippen LogP contribution in [0.15, 0.2) is 54.6 Å². The van der Waals surface area contributed by atoms with Crippen LogP contribution in [0, 0.1) is 5.82 Å². The van der Waals surface area contributed by atoms with Crippen LogP contribution in [0.4, 0.5) is 4.39 Å². The average molecular weight is 453 g/mol. The normalized spacial score (nSPS) is 12.1. The van der Waals surface area contributed by atoms with Crippen molar-refractivity contribution in [2.24, 2.45) is 0 Å². The Kier molecular flexibility index (Phi) is 8.60. The second-order valence-electron chi connectivity index (χ2n) is 8.08. The number of rotatable bonds is 11. The number of halogens is 1. The molecular weight excluding hydrogens is 419 g/mol. The van der Waals surface area contributed by atoms with E-state index in [0.717, 1.165) is 49.5 Å². The number of methoxy groups -OCH3 is 1. The standard InChI is InChI=1S/C26H33FN4O2/c1-5-30(6-2)17-7-8-19(3)28-26(32)25-18-24(20-9-11-21(27)12-10-20)29-31(25)22-13-15-23(33-4)16-14-22/h9-16,18-19H,5-8,17H2,1-4H3,(H,28,32). The van der Waals surface area contributed by atoms with Crippen molar-refractivity contribution in [2.75, 3.05) is 26.7 Å². The summed E-state index contributed by atoms with van der Waals surface area (Å²) in [5, 5.41) is 7.77. The molecule has 0 fully saturated rings. The van der Waals surface area contributed by atoms with E-state index in [1.165, 1.54) is 12.1 Å². The van der Waals surface area contributed by atoms with E-state index in [-0.39, 0.29) is 17.8 Å². The number of nitrogens with zero attached hydrogens (tertiary/aromatic N) is 3. The van der Waals surface area contributed by atoms with Gasteiger partial charge in [-0.05, 0) is 94.0 Å². The highest BCUT2D eigenvalue weighted by atomic mass is 19.1. The maximum absolute atomic E-state index is 13.4. The van der Waals surface area contributed by atoms with Gasteiger partial charge in [0, 0.05) is 11.6 Å². The van der Waals surface area contributed by atoms with Gasteiger partial charge in [-0.3, -0.25) is 4.79 Å². The molecule has 1 N–H and O–H groups in total. The van der Waals surface area contributed by atoms with Crippen LogP contribution in [0.5, 0.6) is 5.75 Å². The van der Waals surface area contributed by atoms with E-state index in [1.54, 1.807) is 30.0 Å². The molecule has 176 valence electrons. The average Bonchev–Trinajstić information content (AvgIpc) is 3.28. The van der Waals surface area contributed by atoms with Gasteiger partial charge in [-0.15, -0.1) is 0 Å². The zero-order valence-corrected chi connectivity index (χ0v) is 19.8. The highest BCUT2D eigenvalue weighted by Gasteiger charge is 2.19. The van der Waals surface area contributed by atoms with Gasteiger partial charge in [-0.1, -0.05) is 13.8 Å². The third-order valence-electron chi connectivity index (χ3n) is 5.78. The first-order chi connectivity index (χ1) is 15.9. The molecule has 0 radical (unpaired) electrons. The minimum atomic E-state index is -0.315. The molecule has 7 heteroatoms. The third kappa shape index (κ3) is 6.42. The lowest BCUT2D eigenvalue weighted by Gasteiger charge is -2.20. The van der Waals surface area contributed by atoms with Crippen LogP contribution in [0.3, 0.4) is 0 Å². The summed E-state index contributed by atoms with van der Waals surface area (Å²) >= 11 is 0. The molecule has 33 heavy (non-hydrogen) atoms. The van der Waals surface area contributed by atoms with Gasteiger partial charge in [0.1, 0.15) is 17.3 Å². The summed E-state index contributed by atoms with van der Waals surface area (Å²) in [4.78, 5) is 15.6. The molecule has 1 amide bonds. The first kappa shape index (κ1) is 24.5. The molecule has 0 spiro atoms. The van der Waals surface area contributed by atoms with Crippen molar-refractivity contribution in [2.45, 2.75) is 39.7 Å². The van der Waals surface area contributed by atoms with Crippen LogP contribution in [0.1, 0.15) is 44.1 Å². The van der Waals surface area contributed by atoms with E-state index in [1.807, 2.05) is 31.2 Å². The van der Waals surface area contributed by atoms with Crippen LogP contribution in [0.25, 0.3) is 16.9 Å². The molecular formula is C26H33FN4O2. The van der Waals surface area contributed by atoms with Gasteiger partial charge >= 0.3 is 0 Å². The van der Waals surface area contributed by atoms with Crippen molar-refractivity contribution in [3.05, 3.63) is 66.1 Å². The number of ether oxygens (including phenoxy) is 1. The SMILES string of the molecule is CCN(CC)CCCC(C)NC(=O)c1cc(-c2ccc(F)cc2)nn1-c1ccc(OC)cc1. The molecule has 2 aromatic carbocycles. The fourth-order valence-corrected chi connectivity index (χ4v) is 3.76. The lowest BCUT2D eigenvalue weighted by Crippen LogP contribution is -2.34. The molecule has 3 rings (SSSR count). The Morgan fingerprint density at radius 2 is 1.79 bits per heavy atom. The fourth-order valence-electron chi connectivity index (χ4n) is 3.76. The molecule has 3 aromatic rings. The Hall–Kier alpha value is -3.19. The van der Waals surface area contributed by atoms with Gasteiger partial charge in [0.05, 0.1) is 18.5 Å². The topological polar surface area (TPSA) is 59.4 Å². The lowest BCUT2D eigenvalue weighted by atomic mass is 10.1. The summed E-state index contributed by atoms with van der Waals surface area (Å²) in [6, 6.07) is 15.2. The fraction of sp³-hybridized carbons (Fsp3) is 0.385. The van der Waals surface area contributed by atoms with Crippen molar-refractivity contribution >= 4 is 5.91 Å². The van der Waals surface area contributed by atoms with E-state index >= 15 is 0 Å². The van der Waals surface area contributed by atoms with Crippen LogP contribution in [0.2, 0.25) is 0 Å². The van der Waals surface area contributed by atoms with E-state index in [4.69, 9.17) is 4.74 Å². The van der Waals surface area contributed by atoms with E-state index in [2.05, 4.69) is 29.2 Å². The van der Waals surface area contributed by atoms with Crippen LogP contribution in [-0.2, 0) is 0 Å². The van der Waals surface area contributed by atoms with Crippen molar-refractivity contribution < 1.29 is 13.9 Å². The Morgan fingerprint density at radius 1 is 1.12 bits per heavy atom. The molecule has 1 aromatic heterocycles. The van der Waals surface area contributed by atoms with Gasteiger partial charge in [-0.2, -0.15) is 5.10 Å². The van der Waals surface area contributed by atoms with Crippen molar-refractivity contribution in [1.82, 2.24) is 20.0 Å². The van der Waals surface area contributed by atoms with Gasteiger partial charge in [0.15, 0.2) is 0 Å². The first-order valence-electron chi connectivity index (χ1n) is 11.5. The summed E-state index contributed by atoms with van der Waals surface area (Å²) in [7, 11) is 1.61. The van der Waals surface area contributed by atoms with Crippen molar-refractivity contribution in [3.8, 4) is 22.7 Å². The van der Waals surface area contributed by atoms with Crippen molar-refractivity contribution in [3.63, 3.8) is 0 Å². The maximum Gasteiger partial charge on any atom is 0.270 e. The summed E-state index contributed by atoms with van der Waals surface area (Å²) in [6.07, 6.45) is 1.91. The molecule has 1 atom stereocenters. The van der Waals surface area contributed by atoms with Gasteiger partial charge in [-0.25, -0.2) is 9.07 Å². The zero-order chi connectivity index (χ0) is 23.8. The smallest absolute Gasteiger partial charge is 0.270 e. The molecule has 0 saturated heterocycles. The number of carbonyl (C=O) groups excluding carboxylic acids is 1. The van der Waals surface area contributed by atoms with E-state index in [0.29, 0.717) is 11.4 Å². The second-order valence-corrected chi connectivity index (χ2v) is 8.08. The summed E-state index contributed by atoms with van der Waals surface area (Å²) in [5.41, 5.74) is 2.51. The number of carbonyl (C=O) groups is 1. The summed E-state index contributed by atoms with van der Waals surface area (Å²) < 4.78 is 20.3. The zero-order valence-electron chi connectivity index (χ0n) is 19.8. The van der Waals surface area contributed by atoms with Crippen LogP contribution >= 0.6 is 0 Å².